The Bertz CT molecular complexity index is 1090. The fourth-order valence-corrected chi connectivity index (χ4v) is 3.27. The third-order valence-electron chi connectivity index (χ3n) is 4.65. The van der Waals surface area contributed by atoms with Gasteiger partial charge in [0.05, 0.1) is 18.1 Å². The summed E-state index contributed by atoms with van der Waals surface area (Å²) in [6.07, 6.45) is 4.17. The molecule has 1 heterocycles. The Labute approximate surface area is 159 Å². The van der Waals surface area contributed by atoms with Crippen LogP contribution in [0.3, 0.4) is 0 Å². The average molecular weight is 354 g/mol. The number of methoxy groups -OCH3 is 1. The first kappa shape index (κ1) is 17.1. The summed E-state index contributed by atoms with van der Waals surface area (Å²) < 4.78 is 7.49. The molecule has 134 valence electrons. The molecule has 0 radical (unpaired) electrons. The fourth-order valence-electron chi connectivity index (χ4n) is 3.27. The van der Waals surface area contributed by atoms with Crippen LogP contribution < -0.4 is 4.74 Å². The highest BCUT2D eigenvalue weighted by atomic mass is 16.5. The molecule has 0 spiro atoms. The maximum Gasteiger partial charge on any atom is 0.134 e. The third-order valence-corrected chi connectivity index (χ3v) is 4.65. The summed E-state index contributed by atoms with van der Waals surface area (Å²) in [6.45, 7) is 2.92. The molecule has 0 fully saturated rings. The monoisotopic (exact) mass is 354 g/mol. The van der Waals surface area contributed by atoms with Gasteiger partial charge in [0.1, 0.15) is 11.6 Å². The minimum Gasteiger partial charge on any atom is -0.497 e. The first-order valence-corrected chi connectivity index (χ1v) is 9.06. The van der Waals surface area contributed by atoms with Crippen LogP contribution in [0, 0.1) is 6.92 Å². The second-order valence-corrected chi connectivity index (χ2v) is 6.64. The lowest BCUT2D eigenvalue weighted by molar-refractivity contribution is 0.415. The fraction of sp³-hybridized carbons (Fsp3) is 0.125. The van der Waals surface area contributed by atoms with Gasteiger partial charge in [0, 0.05) is 6.54 Å². The molecule has 0 aliphatic carbocycles. The van der Waals surface area contributed by atoms with Crippen molar-refractivity contribution in [3.8, 4) is 5.75 Å². The number of hydrogen-bond donors (Lipinski definition) is 0. The van der Waals surface area contributed by atoms with Crippen LogP contribution in [-0.2, 0) is 6.54 Å². The Balaban J connectivity index is 1.71. The van der Waals surface area contributed by atoms with E-state index >= 15 is 0 Å². The molecule has 3 nitrogen and oxygen atoms in total. The van der Waals surface area contributed by atoms with Gasteiger partial charge in [0.2, 0.25) is 0 Å². The van der Waals surface area contributed by atoms with Gasteiger partial charge in [0.15, 0.2) is 0 Å². The Morgan fingerprint density at radius 2 is 1.74 bits per heavy atom. The number of aryl methyl sites for hydroxylation is 1. The maximum absolute atomic E-state index is 5.23. The molecule has 0 amide bonds. The smallest absolute Gasteiger partial charge is 0.134 e. The van der Waals surface area contributed by atoms with E-state index in [1.54, 1.807) is 7.11 Å². The molecule has 3 aromatic carbocycles. The highest BCUT2D eigenvalue weighted by molar-refractivity contribution is 5.80. The van der Waals surface area contributed by atoms with Crippen molar-refractivity contribution in [1.82, 2.24) is 9.55 Å². The van der Waals surface area contributed by atoms with E-state index in [0.29, 0.717) is 0 Å². The molecule has 0 aliphatic heterocycles. The van der Waals surface area contributed by atoms with Crippen molar-refractivity contribution in [3.63, 3.8) is 0 Å². The van der Waals surface area contributed by atoms with E-state index in [1.165, 1.54) is 11.1 Å². The predicted octanol–water partition coefficient (Wildman–Crippen LogP) is 5.57. The molecular weight excluding hydrogens is 332 g/mol. The van der Waals surface area contributed by atoms with Crippen LogP contribution in [0.2, 0.25) is 0 Å². The number of nitrogens with zero attached hydrogens (tertiary/aromatic N) is 2. The number of para-hydroxylation sites is 2. The molecule has 3 heteroatoms. The highest BCUT2D eigenvalue weighted by Gasteiger charge is 2.09. The van der Waals surface area contributed by atoms with E-state index in [9.17, 15) is 0 Å². The van der Waals surface area contributed by atoms with E-state index in [4.69, 9.17) is 9.72 Å². The van der Waals surface area contributed by atoms with Gasteiger partial charge in [-0.1, -0.05) is 60.2 Å². The Hall–Kier alpha value is -3.33. The van der Waals surface area contributed by atoms with Gasteiger partial charge in [-0.05, 0) is 48.4 Å². The molecular formula is C24H22N2O. The van der Waals surface area contributed by atoms with E-state index in [0.717, 1.165) is 34.7 Å². The van der Waals surface area contributed by atoms with Crippen LogP contribution in [0.15, 0.2) is 72.8 Å². The normalized spacial score (nSPS) is 11.3. The van der Waals surface area contributed by atoms with Crippen molar-refractivity contribution in [2.24, 2.45) is 0 Å². The van der Waals surface area contributed by atoms with Gasteiger partial charge >= 0.3 is 0 Å². The van der Waals surface area contributed by atoms with Crippen LogP contribution in [-0.4, -0.2) is 16.7 Å². The lowest BCUT2D eigenvalue weighted by Gasteiger charge is -2.08. The van der Waals surface area contributed by atoms with Gasteiger partial charge in [-0.2, -0.15) is 0 Å². The number of imidazole rings is 1. The predicted molar refractivity (Wildman–Crippen MR) is 112 cm³/mol. The summed E-state index contributed by atoms with van der Waals surface area (Å²) in [5.74, 6) is 1.81. The lowest BCUT2D eigenvalue weighted by Crippen LogP contribution is -2.02. The molecule has 0 aliphatic rings. The Kier molecular flexibility index (Phi) is 4.75. The molecule has 4 aromatic rings. The quantitative estimate of drug-likeness (QED) is 0.468. The average Bonchev–Trinajstić information content (AvgIpc) is 3.04. The number of benzene rings is 3. The van der Waals surface area contributed by atoms with Crippen molar-refractivity contribution >= 4 is 23.2 Å². The van der Waals surface area contributed by atoms with Crippen LogP contribution in [0.4, 0.5) is 0 Å². The molecule has 4 rings (SSSR count). The third kappa shape index (κ3) is 3.77. The second kappa shape index (κ2) is 7.50. The van der Waals surface area contributed by atoms with Crippen molar-refractivity contribution in [2.45, 2.75) is 13.5 Å². The number of hydrogen-bond acceptors (Lipinski definition) is 2. The van der Waals surface area contributed by atoms with Crippen LogP contribution in [0.1, 0.15) is 22.5 Å². The lowest BCUT2D eigenvalue weighted by atomic mass is 10.1. The van der Waals surface area contributed by atoms with E-state index < -0.39 is 0 Å². The molecule has 0 saturated carbocycles. The van der Waals surface area contributed by atoms with E-state index in [1.807, 2.05) is 30.3 Å². The molecule has 0 atom stereocenters. The second-order valence-electron chi connectivity index (χ2n) is 6.64. The zero-order chi connectivity index (χ0) is 18.6. The van der Waals surface area contributed by atoms with Crippen molar-refractivity contribution in [2.75, 3.05) is 7.11 Å². The van der Waals surface area contributed by atoms with Crippen molar-refractivity contribution < 1.29 is 4.74 Å². The SMILES string of the molecule is COc1ccc(/C=C/c2nc3ccccc3n2Cc2cccc(C)c2)cc1. The highest BCUT2D eigenvalue weighted by Crippen LogP contribution is 2.21. The Morgan fingerprint density at radius 1 is 0.926 bits per heavy atom. The van der Waals surface area contributed by atoms with Gasteiger partial charge in [-0.15, -0.1) is 0 Å². The summed E-state index contributed by atoms with van der Waals surface area (Å²) in [5, 5.41) is 0. The standard InChI is InChI=1S/C24H22N2O/c1-18-6-5-7-20(16-18)17-26-23-9-4-3-8-22(23)25-24(26)15-12-19-10-13-21(27-2)14-11-19/h3-16H,17H2,1-2H3/b15-12+. The summed E-state index contributed by atoms with van der Waals surface area (Å²) in [7, 11) is 1.68. The number of fused-ring (bicyclic) bond motifs is 1. The van der Waals surface area contributed by atoms with Gasteiger partial charge in [-0.25, -0.2) is 4.98 Å². The first-order chi connectivity index (χ1) is 13.2. The van der Waals surface area contributed by atoms with Crippen molar-refractivity contribution in [3.05, 3.63) is 95.3 Å². The summed E-state index contributed by atoms with van der Waals surface area (Å²) in [6, 6.07) is 24.9. The summed E-state index contributed by atoms with van der Waals surface area (Å²) in [4.78, 5) is 4.83. The van der Waals surface area contributed by atoms with Gasteiger partial charge < -0.3 is 9.30 Å². The largest absolute Gasteiger partial charge is 0.497 e. The van der Waals surface area contributed by atoms with Crippen molar-refractivity contribution in [1.29, 1.82) is 0 Å². The molecule has 27 heavy (non-hydrogen) atoms. The molecule has 0 saturated heterocycles. The number of ether oxygens (including phenoxy) is 1. The minimum absolute atomic E-state index is 0.796. The molecule has 0 unspecified atom stereocenters. The Morgan fingerprint density at radius 3 is 2.52 bits per heavy atom. The molecule has 1 aromatic heterocycles. The zero-order valence-corrected chi connectivity index (χ0v) is 15.6. The van der Waals surface area contributed by atoms with Crippen LogP contribution in [0.5, 0.6) is 5.75 Å². The van der Waals surface area contributed by atoms with E-state index in [2.05, 4.69) is 66.1 Å². The summed E-state index contributed by atoms with van der Waals surface area (Å²) in [5.41, 5.74) is 5.82. The first-order valence-electron chi connectivity index (χ1n) is 9.06. The zero-order valence-electron chi connectivity index (χ0n) is 15.6. The minimum atomic E-state index is 0.796. The van der Waals surface area contributed by atoms with Gasteiger partial charge in [-0.3, -0.25) is 0 Å². The van der Waals surface area contributed by atoms with Gasteiger partial charge in [0.25, 0.3) is 0 Å². The summed E-state index contributed by atoms with van der Waals surface area (Å²) >= 11 is 0. The number of rotatable bonds is 5. The maximum atomic E-state index is 5.23. The van der Waals surface area contributed by atoms with E-state index in [-0.39, 0.29) is 0 Å². The number of aromatic nitrogens is 2. The molecule has 0 N–H and O–H groups in total. The topological polar surface area (TPSA) is 27.1 Å². The van der Waals surface area contributed by atoms with Crippen LogP contribution in [0.25, 0.3) is 23.2 Å². The van der Waals surface area contributed by atoms with Crippen LogP contribution >= 0.6 is 0 Å². The molecule has 0 bridgehead atoms.